The summed E-state index contributed by atoms with van der Waals surface area (Å²) < 4.78 is 5.28. The predicted octanol–water partition coefficient (Wildman–Crippen LogP) is 2.24. The van der Waals surface area contributed by atoms with Crippen LogP contribution in [0.3, 0.4) is 0 Å². The molecule has 1 aromatic carbocycles. The number of rotatable bonds is 4. The lowest BCUT2D eigenvalue weighted by atomic mass is 10.1. The molecule has 2 rings (SSSR count). The minimum atomic E-state index is -0.153. The van der Waals surface area contributed by atoms with Crippen molar-refractivity contribution in [2.75, 3.05) is 20.7 Å². The van der Waals surface area contributed by atoms with Crippen LogP contribution in [0.1, 0.15) is 24.9 Å². The van der Waals surface area contributed by atoms with E-state index in [2.05, 4.69) is 5.32 Å². The Balaban J connectivity index is 2.01. The van der Waals surface area contributed by atoms with E-state index in [0.717, 1.165) is 18.5 Å². The molecule has 1 aliphatic rings. The minimum absolute atomic E-state index is 0.0168. The molecule has 110 valence electrons. The van der Waals surface area contributed by atoms with Crippen LogP contribution in [0.4, 0.5) is 0 Å². The number of nitrogens with one attached hydrogen (secondary N) is 1. The van der Waals surface area contributed by atoms with Gasteiger partial charge in [0.25, 0.3) is 0 Å². The lowest BCUT2D eigenvalue weighted by molar-refractivity contribution is -0.133. The summed E-state index contributed by atoms with van der Waals surface area (Å²) in [5.74, 6) is 0.104. The molecule has 1 heterocycles. The van der Waals surface area contributed by atoms with Crippen molar-refractivity contribution in [2.24, 2.45) is 0 Å². The van der Waals surface area contributed by atoms with Gasteiger partial charge >= 0.3 is 0 Å². The Kier molecular flexibility index (Phi) is 5.02. The molecular weight excluding hydrogens is 276 g/mol. The van der Waals surface area contributed by atoms with Gasteiger partial charge < -0.3 is 15.0 Å². The molecule has 4 nitrogen and oxygen atoms in total. The largest absolute Gasteiger partial charge is 0.380 e. The van der Waals surface area contributed by atoms with Crippen LogP contribution in [0.15, 0.2) is 24.3 Å². The minimum Gasteiger partial charge on any atom is -0.380 e. The molecule has 1 N–H and O–H groups in total. The second-order valence-corrected chi connectivity index (χ2v) is 5.67. The fraction of sp³-hybridized carbons (Fsp3) is 0.533. The number of carbonyl (C=O) groups is 1. The molecule has 3 unspecified atom stereocenters. The van der Waals surface area contributed by atoms with E-state index in [1.165, 1.54) is 0 Å². The predicted molar refractivity (Wildman–Crippen MR) is 79.8 cm³/mol. The maximum Gasteiger partial charge on any atom is 0.240 e. The van der Waals surface area contributed by atoms with Gasteiger partial charge in [0.15, 0.2) is 0 Å². The first-order valence-corrected chi connectivity index (χ1v) is 7.19. The molecular formula is C15H21ClN2O2. The zero-order valence-corrected chi connectivity index (χ0v) is 12.9. The Bertz CT molecular complexity index is 463. The maximum absolute atomic E-state index is 12.5. The second-order valence-electron chi connectivity index (χ2n) is 5.23. The summed E-state index contributed by atoms with van der Waals surface area (Å²) in [5.41, 5.74) is 1.08. The highest BCUT2D eigenvalue weighted by Crippen LogP contribution is 2.23. The molecule has 1 amide bonds. The van der Waals surface area contributed by atoms with Crippen LogP contribution in [0.5, 0.6) is 0 Å². The number of hydrogen-bond acceptors (Lipinski definition) is 3. The number of benzene rings is 1. The maximum atomic E-state index is 12.5. The SMILES string of the molecule is COC1CNC(C(=O)N(C)C(C)c2ccc(Cl)cc2)C1. The molecule has 0 saturated carbocycles. The summed E-state index contributed by atoms with van der Waals surface area (Å²) in [6, 6.07) is 7.47. The van der Waals surface area contributed by atoms with Crippen molar-refractivity contribution in [1.82, 2.24) is 10.2 Å². The van der Waals surface area contributed by atoms with E-state index >= 15 is 0 Å². The third-order valence-electron chi connectivity index (χ3n) is 4.00. The van der Waals surface area contributed by atoms with E-state index in [-0.39, 0.29) is 24.1 Å². The van der Waals surface area contributed by atoms with E-state index in [0.29, 0.717) is 5.02 Å². The van der Waals surface area contributed by atoms with Crippen LogP contribution in [-0.4, -0.2) is 43.7 Å². The number of halogens is 1. The summed E-state index contributed by atoms with van der Waals surface area (Å²) in [5, 5.41) is 3.92. The number of ether oxygens (including phenoxy) is 1. The van der Waals surface area contributed by atoms with Crippen LogP contribution >= 0.6 is 11.6 Å². The van der Waals surface area contributed by atoms with Crippen molar-refractivity contribution >= 4 is 17.5 Å². The molecule has 1 saturated heterocycles. The third-order valence-corrected chi connectivity index (χ3v) is 4.25. The molecule has 20 heavy (non-hydrogen) atoms. The summed E-state index contributed by atoms with van der Waals surface area (Å²) >= 11 is 5.89. The van der Waals surface area contributed by atoms with Crippen molar-refractivity contribution in [3.8, 4) is 0 Å². The van der Waals surface area contributed by atoms with Crippen molar-refractivity contribution in [1.29, 1.82) is 0 Å². The molecule has 1 aromatic rings. The number of amides is 1. The number of hydrogen-bond donors (Lipinski definition) is 1. The van der Waals surface area contributed by atoms with Gasteiger partial charge in [-0.15, -0.1) is 0 Å². The Labute approximate surface area is 125 Å². The fourth-order valence-corrected chi connectivity index (χ4v) is 2.60. The molecule has 5 heteroatoms. The lowest BCUT2D eigenvalue weighted by Gasteiger charge is -2.28. The van der Waals surface area contributed by atoms with Crippen molar-refractivity contribution < 1.29 is 9.53 Å². The number of carbonyl (C=O) groups excluding carboxylic acids is 1. The zero-order chi connectivity index (χ0) is 14.7. The molecule has 0 aromatic heterocycles. The van der Waals surface area contributed by atoms with Gasteiger partial charge in [-0.2, -0.15) is 0 Å². The second kappa shape index (κ2) is 6.57. The lowest BCUT2D eigenvalue weighted by Crippen LogP contribution is -2.42. The van der Waals surface area contributed by atoms with Gasteiger partial charge in [-0.25, -0.2) is 0 Å². The molecule has 0 aliphatic carbocycles. The van der Waals surface area contributed by atoms with Gasteiger partial charge in [-0.3, -0.25) is 4.79 Å². The van der Waals surface area contributed by atoms with E-state index in [1.54, 1.807) is 12.0 Å². The Morgan fingerprint density at radius 1 is 1.45 bits per heavy atom. The average Bonchev–Trinajstić information content (AvgIpc) is 2.94. The van der Waals surface area contributed by atoms with Crippen LogP contribution in [0, 0.1) is 0 Å². The first kappa shape index (κ1) is 15.3. The van der Waals surface area contributed by atoms with Crippen LogP contribution in [0.25, 0.3) is 0 Å². The van der Waals surface area contributed by atoms with Gasteiger partial charge in [0.05, 0.1) is 18.2 Å². The standard InChI is InChI=1S/C15H21ClN2O2/c1-10(11-4-6-12(16)7-5-11)18(2)15(19)14-8-13(20-3)9-17-14/h4-7,10,13-14,17H,8-9H2,1-3H3. The van der Waals surface area contributed by atoms with Gasteiger partial charge in [-0.05, 0) is 31.0 Å². The van der Waals surface area contributed by atoms with E-state index < -0.39 is 0 Å². The summed E-state index contributed by atoms with van der Waals surface area (Å²) in [6.07, 6.45) is 0.857. The topological polar surface area (TPSA) is 41.6 Å². The quantitative estimate of drug-likeness (QED) is 0.926. The Hall–Kier alpha value is -1.10. The van der Waals surface area contributed by atoms with Gasteiger partial charge in [0, 0.05) is 25.7 Å². The number of likely N-dealkylation sites (N-methyl/N-ethyl adjacent to an activating group) is 1. The normalized spacial score (nSPS) is 23.6. The molecule has 0 bridgehead atoms. The highest BCUT2D eigenvalue weighted by molar-refractivity contribution is 6.30. The highest BCUT2D eigenvalue weighted by atomic mass is 35.5. The van der Waals surface area contributed by atoms with E-state index in [4.69, 9.17) is 16.3 Å². The smallest absolute Gasteiger partial charge is 0.240 e. The summed E-state index contributed by atoms with van der Waals surface area (Å²) in [4.78, 5) is 14.2. The third kappa shape index (κ3) is 3.32. The van der Waals surface area contributed by atoms with Crippen molar-refractivity contribution in [3.63, 3.8) is 0 Å². The van der Waals surface area contributed by atoms with E-state index in [1.807, 2.05) is 38.2 Å². The van der Waals surface area contributed by atoms with Gasteiger partial charge in [0.2, 0.25) is 5.91 Å². The molecule has 1 fully saturated rings. The van der Waals surface area contributed by atoms with Gasteiger partial charge in [0.1, 0.15) is 0 Å². The Morgan fingerprint density at radius 2 is 2.10 bits per heavy atom. The summed E-state index contributed by atoms with van der Waals surface area (Å²) in [7, 11) is 3.52. The zero-order valence-electron chi connectivity index (χ0n) is 12.1. The van der Waals surface area contributed by atoms with Crippen LogP contribution < -0.4 is 5.32 Å². The first-order chi connectivity index (χ1) is 9.52. The fourth-order valence-electron chi connectivity index (χ4n) is 2.47. The van der Waals surface area contributed by atoms with E-state index in [9.17, 15) is 4.79 Å². The monoisotopic (exact) mass is 296 g/mol. The summed E-state index contributed by atoms with van der Waals surface area (Å²) in [6.45, 7) is 2.75. The van der Waals surface area contributed by atoms with Crippen LogP contribution in [-0.2, 0) is 9.53 Å². The van der Waals surface area contributed by atoms with Crippen LogP contribution in [0.2, 0.25) is 5.02 Å². The van der Waals surface area contributed by atoms with Gasteiger partial charge in [-0.1, -0.05) is 23.7 Å². The molecule has 0 radical (unpaired) electrons. The average molecular weight is 297 g/mol. The highest BCUT2D eigenvalue weighted by Gasteiger charge is 2.32. The molecule has 1 aliphatic heterocycles. The first-order valence-electron chi connectivity index (χ1n) is 6.81. The molecule has 0 spiro atoms. The van der Waals surface area contributed by atoms with Crippen molar-refractivity contribution in [2.45, 2.75) is 31.5 Å². The Morgan fingerprint density at radius 3 is 2.65 bits per heavy atom. The molecule has 3 atom stereocenters. The number of methoxy groups -OCH3 is 1. The number of nitrogens with zero attached hydrogens (tertiary/aromatic N) is 1. The van der Waals surface area contributed by atoms with Crippen molar-refractivity contribution in [3.05, 3.63) is 34.9 Å².